The summed E-state index contributed by atoms with van der Waals surface area (Å²) in [7, 11) is 0. The molecular formula is C13H16N4O. The number of rotatable bonds is 1. The minimum absolute atomic E-state index is 0.605. The van der Waals surface area contributed by atoms with Crippen LogP contribution in [0.4, 0.5) is 5.82 Å². The third kappa shape index (κ3) is 2.01. The number of hydrogen-bond acceptors (Lipinski definition) is 5. The van der Waals surface area contributed by atoms with Gasteiger partial charge in [0.15, 0.2) is 0 Å². The van der Waals surface area contributed by atoms with E-state index in [9.17, 15) is 5.11 Å². The molecule has 3 rings (SSSR count). The summed E-state index contributed by atoms with van der Waals surface area (Å²) in [5, 5.41) is 11.1. The van der Waals surface area contributed by atoms with E-state index in [1.165, 1.54) is 0 Å². The van der Waals surface area contributed by atoms with Crippen LogP contribution in [0.15, 0.2) is 24.8 Å². The van der Waals surface area contributed by atoms with Gasteiger partial charge in [-0.25, -0.2) is 9.97 Å². The first-order chi connectivity index (χ1) is 8.66. The number of hydrogen-bond donors (Lipinski definition) is 1. The molecule has 0 amide bonds. The van der Waals surface area contributed by atoms with E-state index in [1.54, 1.807) is 18.7 Å². The molecule has 0 unspecified atom stereocenters. The number of nitrogens with zero attached hydrogens (tertiary/aromatic N) is 4. The second-order valence-electron chi connectivity index (χ2n) is 5.11. The van der Waals surface area contributed by atoms with Gasteiger partial charge in [-0.2, -0.15) is 0 Å². The van der Waals surface area contributed by atoms with Gasteiger partial charge in [-0.05, 0) is 25.8 Å². The van der Waals surface area contributed by atoms with Crippen LogP contribution in [0.2, 0.25) is 0 Å². The second kappa shape index (κ2) is 4.17. The van der Waals surface area contributed by atoms with E-state index < -0.39 is 5.60 Å². The number of aliphatic hydroxyl groups is 1. The molecule has 0 aromatic carbocycles. The van der Waals surface area contributed by atoms with Crippen molar-refractivity contribution in [1.29, 1.82) is 0 Å². The van der Waals surface area contributed by atoms with Gasteiger partial charge in [0, 0.05) is 25.5 Å². The lowest BCUT2D eigenvalue weighted by molar-refractivity contribution is 0.0448. The summed E-state index contributed by atoms with van der Waals surface area (Å²) in [6, 6.07) is 1.88. The Hall–Kier alpha value is -1.75. The standard InChI is InChI=1S/C13H16N4O/c1-13(18)4-2-6-17(8-13)12-10-7-14-5-3-11(10)15-9-16-12/h3,5,7,9,18H,2,4,6,8H2,1H3/t13-/m0/s1. The Kier molecular flexibility index (Phi) is 2.63. The molecule has 2 aromatic heterocycles. The van der Waals surface area contributed by atoms with Crippen molar-refractivity contribution in [2.45, 2.75) is 25.4 Å². The van der Waals surface area contributed by atoms with Crippen molar-refractivity contribution < 1.29 is 5.11 Å². The smallest absolute Gasteiger partial charge is 0.141 e. The van der Waals surface area contributed by atoms with Crippen molar-refractivity contribution in [3.63, 3.8) is 0 Å². The highest BCUT2D eigenvalue weighted by atomic mass is 16.3. The molecule has 3 heterocycles. The first kappa shape index (κ1) is 11.3. The molecule has 0 radical (unpaired) electrons. The third-order valence-corrected chi connectivity index (χ3v) is 3.39. The topological polar surface area (TPSA) is 62.1 Å². The first-order valence-corrected chi connectivity index (χ1v) is 6.18. The second-order valence-corrected chi connectivity index (χ2v) is 5.11. The van der Waals surface area contributed by atoms with Crippen LogP contribution in [0.5, 0.6) is 0 Å². The molecule has 0 aliphatic carbocycles. The number of anilines is 1. The van der Waals surface area contributed by atoms with Gasteiger partial charge in [-0.15, -0.1) is 0 Å². The minimum atomic E-state index is -0.641. The molecule has 1 aliphatic rings. The van der Waals surface area contributed by atoms with Gasteiger partial charge < -0.3 is 10.0 Å². The number of fused-ring (bicyclic) bond motifs is 1. The number of piperidine rings is 1. The van der Waals surface area contributed by atoms with Crippen LogP contribution < -0.4 is 4.90 Å². The predicted molar refractivity (Wildman–Crippen MR) is 69.4 cm³/mol. The summed E-state index contributed by atoms with van der Waals surface area (Å²) in [5.41, 5.74) is 0.248. The molecule has 0 saturated carbocycles. The summed E-state index contributed by atoms with van der Waals surface area (Å²) < 4.78 is 0. The number of β-amino-alcohol motifs (C(OH)–C–C–N with tert-alkyl or cyclic N) is 1. The maximum atomic E-state index is 10.2. The maximum absolute atomic E-state index is 10.2. The van der Waals surface area contributed by atoms with Crippen LogP contribution in [-0.4, -0.2) is 38.7 Å². The fourth-order valence-corrected chi connectivity index (χ4v) is 2.54. The maximum Gasteiger partial charge on any atom is 0.141 e. The molecule has 1 aliphatic heterocycles. The molecule has 1 fully saturated rings. The van der Waals surface area contributed by atoms with Crippen LogP contribution in [-0.2, 0) is 0 Å². The van der Waals surface area contributed by atoms with E-state index in [1.807, 2.05) is 13.0 Å². The zero-order valence-electron chi connectivity index (χ0n) is 10.4. The molecule has 5 nitrogen and oxygen atoms in total. The van der Waals surface area contributed by atoms with Gasteiger partial charge in [0.25, 0.3) is 0 Å². The Labute approximate surface area is 106 Å². The molecule has 94 valence electrons. The molecule has 0 bridgehead atoms. The summed E-state index contributed by atoms with van der Waals surface area (Å²) in [6.45, 7) is 3.39. The van der Waals surface area contributed by atoms with Crippen molar-refractivity contribution in [2.75, 3.05) is 18.0 Å². The Morgan fingerprint density at radius 1 is 1.39 bits per heavy atom. The normalized spacial score (nSPS) is 24.4. The molecular weight excluding hydrogens is 228 g/mol. The van der Waals surface area contributed by atoms with Gasteiger partial charge in [-0.1, -0.05) is 0 Å². The van der Waals surface area contributed by atoms with Gasteiger partial charge in [-0.3, -0.25) is 4.98 Å². The quantitative estimate of drug-likeness (QED) is 0.821. The van der Waals surface area contributed by atoms with E-state index in [4.69, 9.17) is 0 Å². The average Bonchev–Trinajstić information content (AvgIpc) is 2.37. The highest BCUT2D eigenvalue weighted by molar-refractivity contribution is 5.88. The molecule has 1 atom stereocenters. The van der Waals surface area contributed by atoms with E-state index >= 15 is 0 Å². The van der Waals surface area contributed by atoms with Gasteiger partial charge in [0.1, 0.15) is 12.1 Å². The van der Waals surface area contributed by atoms with Crippen molar-refractivity contribution in [3.05, 3.63) is 24.8 Å². The summed E-state index contributed by atoms with van der Waals surface area (Å²) >= 11 is 0. The highest BCUT2D eigenvalue weighted by Crippen LogP contribution is 2.28. The fraction of sp³-hybridized carbons (Fsp3) is 0.462. The lowest BCUT2D eigenvalue weighted by atomic mass is 9.95. The third-order valence-electron chi connectivity index (χ3n) is 3.39. The van der Waals surface area contributed by atoms with Crippen molar-refractivity contribution in [3.8, 4) is 0 Å². The van der Waals surface area contributed by atoms with Crippen LogP contribution in [0.3, 0.4) is 0 Å². The average molecular weight is 244 g/mol. The van der Waals surface area contributed by atoms with Crippen molar-refractivity contribution >= 4 is 16.7 Å². The molecule has 5 heteroatoms. The van der Waals surface area contributed by atoms with Crippen molar-refractivity contribution in [2.24, 2.45) is 0 Å². The molecule has 1 N–H and O–H groups in total. The largest absolute Gasteiger partial charge is 0.388 e. The minimum Gasteiger partial charge on any atom is -0.388 e. The zero-order chi connectivity index (χ0) is 12.6. The van der Waals surface area contributed by atoms with Crippen LogP contribution >= 0.6 is 0 Å². The van der Waals surface area contributed by atoms with E-state index in [2.05, 4.69) is 19.9 Å². The Morgan fingerprint density at radius 3 is 3.11 bits per heavy atom. The van der Waals surface area contributed by atoms with E-state index in [-0.39, 0.29) is 0 Å². The number of pyridine rings is 1. The number of aromatic nitrogens is 3. The summed E-state index contributed by atoms with van der Waals surface area (Å²) in [5.74, 6) is 0.869. The van der Waals surface area contributed by atoms with E-state index in [0.29, 0.717) is 6.54 Å². The van der Waals surface area contributed by atoms with Crippen LogP contribution in [0, 0.1) is 0 Å². The lowest BCUT2D eigenvalue weighted by Crippen LogP contribution is -2.46. The van der Waals surface area contributed by atoms with Gasteiger partial charge >= 0.3 is 0 Å². The van der Waals surface area contributed by atoms with E-state index in [0.717, 1.165) is 36.1 Å². The zero-order valence-corrected chi connectivity index (χ0v) is 10.4. The monoisotopic (exact) mass is 244 g/mol. The molecule has 1 saturated heterocycles. The van der Waals surface area contributed by atoms with Crippen LogP contribution in [0.1, 0.15) is 19.8 Å². The molecule has 2 aromatic rings. The Morgan fingerprint density at radius 2 is 2.28 bits per heavy atom. The lowest BCUT2D eigenvalue weighted by Gasteiger charge is -2.37. The summed E-state index contributed by atoms with van der Waals surface area (Å²) in [4.78, 5) is 14.8. The fourth-order valence-electron chi connectivity index (χ4n) is 2.54. The predicted octanol–water partition coefficient (Wildman–Crippen LogP) is 1.38. The molecule has 0 spiro atoms. The highest BCUT2D eigenvalue weighted by Gasteiger charge is 2.29. The Balaban J connectivity index is 2.04. The Bertz CT molecular complexity index is 564. The van der Waals surface area contributed by atoms with Crippen molar-refractivity contribution in [1.82, 2.24) is 15.0 Å². The molecule has 18 heavy (non-hydrogen) atoms. The van der Waals surface area contributed by atoms with Gasteiger partial charge in [0.05, 0.1) is 16.5 Å². The summed E-state index contributed by atoms with van der Waals surface area (Å²) in [6.07, 6.45) is 6.89. The van der Waals surface area contributed by atoms with Gasteiger partial charge in [0.2, 0.25) is 0 Å². The van der Waals surface area contributed by atoms with Crippen LogP contribution in [0.25, 0.3) is 10.9 Å². The first-order valence-electron chi connectivity index (χ1n) is 6.18. The SMILES string of the molecule is C[C@]1(O)CCCN(c2ncnc3ccncc23)C1.